The van der Waals surface area contributed by atoms with Crippen LogP contribution in [-0.4, -0.2) is 25.9 Å². The monoisotopic (exact) mass is 403 g/mol. The zero-order valence-corrected chi connectivity index (χ0v) is 14.8. The highest BCUT2D eigenvalue weighted by atomic mass is 32.2. The van der Waals surface area contributed by atoms with Crippen LogP contribution in [0.25, 0.3) is 0 Å². The second-order valence-electron chi connectivity index (χ2n) is 5.70. The highest BCUT2D eigenvalue weighted by Gasteiger charge is 2.31. The van der Waals surface area contributed by atoms with Crippen LogP contribution in [0, 0.1) is 6.92 Å². The van der Waals surface area contributed by atoms with E-state index >= 15 is 0 Å². The van der Waals surface area contributed by atoms with Gasteiger partial charge in [-0.05, 0) is 36.8 Å². The summed E-state index contributed by atoms with van der Waals surface area (Å²) < 4.78 is 67.5. The summed E-state index contributed by atoms with van der Waals surface area (Å²) in [5.41, 5.74) is 1.36. The molecule has 2 rings (SSSR count). The van der Waals surface area contributed by atoms with Gasteiger partial charge in [0.2, 0.25) is 10.0 Å². The Bertz CT molecular complexity index is 894. The highest BCUT2D eigenvalue weighted by Crippen LogP contribution is 2.25. The molecule has 146 valence electrons. The van der Waals surface area contributed by atoms with Gasteiger partial charge in [-0.2, -0.15) is 0 Å². The maximum Gasteiger partial charge on any atom is 0.573 e. The van der Waals surface area contributed by atoms with Crippen molar-refractivity contribution in [2.75, 3.05) is 0 Å². The van der Waals surface area contributed by atoms with Gasteiger partial charge in [0.25, 0.3) is 0 Å². The number of benzene rings is 2. The number of hydrogen-bond acceptors (Lipinski definition) is 4. The molecule has 0 heterocycles. The van der Waals surface area contributed by atoms with Crippen molar-refractivity contribution in [3.05, 3.63) is 59.7 Å². The van der Waals surface area contributed by atoms with Gasteiger partial charge in [0, 0.05) is 0 Å². The van der Waals surface area contributed by atoms with E-state index in [1.165, 1.54) is 0 Å². The number of alkyl halides is 3. The fraction of sp³-hybridized carbons (Fsp3) is 0.235. The van der Waals surface area contributed by atoms with Crippen LogP contribution in [0.3, 0.4) is 0 Å². The molecule has 0 aliphatic carbocycles. The Labute approximate surface area is 153 Å². The predicted molar refractivity (Wildman–Crippen MR) is 89.6 cm³/mol. The molecular weight excluding hydrogens is 387 g/mol. The Hall–Kier alpha value is -2.59. The topological polar surface area (TPSA) is 92.7 Å². The molecule has 0 bridgehead atoms. The van der Waals surface area contributed by atoms with Gasteiger partial charge in [-0.1, -0.05) is 29.8 Å². The molecule has 0 aliphatic rings. The minimum Gasteiger partial charge on any atom is -0.481 e. The van der Waals surface area contributed by atoms with E-state index in [9.17, 15) is 26.4 Å². The molecule has 2 aromatic rings. The number of aliphatic carboxylic acids is 1. The summed E-state index contributed by atoms with van der Waals surface area (Å²) in [6.45, 7) is 1.82. The first-order valence-corrected chi connectivity index (χ1v) is 9.11. The molecule has 0 saturated heterocycles. The van der Waals surface area contributed by atoms with Gasteiger partial charge in [-0.3, -0.25) is 4.79 Å². The van der Waals surface area contributed by atoms with Crippen LogP contribution in [0.15, 0.2) is 53.4 Å². The second kappa shape index (κ2) is 7.97. The number of nitrogens with one attached hydrogen (secondary N) is 1. The van der Waals surface area contributed by atoms with E-state index < -0.39 is 40.6 Å². The maximum absolute atomic E-state index is 12.5. The number of carbonyl (C=O) groups is 1. The average molecular weight is 403 g/mol. The van der Waals surface area contributed by atoms with Crippen molar-refractivity contribution in [3.8, 4) is 5.75 Å². The van der Waals surface area contributed by atoms with Crippen LogP contribution in [0.4, 0.5) is 13.2 Å². The fourth-order valence-corrected chi connectivity index (χ4v) is 3.50. The Kier molecular flexibility index (Phi) is 6.11. The lowest BCUT2D eigenvalue weighted by Gasteiger charge is -2.18. The zero-order valence-electron chi connectivity index (χ0n) is 14.0. The van der Waals surface area contributed by atoms with Crippen molar-refractivity contribution in [2.24, 2.45) is 0 Å². The summed E-state index contributed by atoms with van der Waals surface area (Å²) >= 11 is 0. The molecule has 0 aliphatic heterocycles. The molecule has 6 nitrogen and oxygen atoms in total. The van der Waals surface area contributed by atoms with Gasteiger partial charge >= 0.3 is 12.3 Å². The van der Waals surface area contributed by atoms with Crippen molar-refractivity contribution in [1.82, 2.24) is 4.72 Å². The van der Waals surface area contributed by atoms with E-state index in [-0.39, 0.29) is 4.90 Å². The minimum atomic E-state index is -4.89. The molecule has 0 aromatic heterocycles. The van der Waals surface area contributed by atoms with Gasteiger partial charge in [0.05, 0.1) is 17.4 Å². The van der Waals surface area contributed by atoms with Gasteiger partial charge in [0.1, 0.15) is 5.75 Å². The molecule has 0 radical (unpaired) electrons. The molecule has 1 atom stereocenters. The van der Waals surface area contributed by atoms with E-state index in [4.69, 9.17) is 5.11 Å². The standard InChI is InChI=1S/C17H16F3NO5S/c1-11-2-4-12(5-3-11)15(10-16(22)23)21-27(24,25)14-8-6-13(7-9-14)26-17(18,19)20/h2-9,15,21H,10H2,1H3,(H,22,23)/t15-/m1/s1. The number of halogens is 3. The zero-order chi connectivity index (χ0) is 20.2. The third kappa shape index (κ3) is 6.26. The molecule has 0 fully saturated rings. The lowest BCUT2D eigenvalue weighted by atomic mass is 10.0. The summed E-state index contributed by atoms with van der Waals surface area (Å²) in [5.74, 6) is -1.78. The molecule has 0 unspecified atom stereocenters. The number of hydrogen-bond donors (Lipinski definition) is 2. The third-order valence-corrected chi connectivity index (χ3v) is 5.01. The Morgan fingerprint density at radius 1 is 1.11 bits per heavy atom. The predicted octanol–water partition coefficient (Wildman–Crippen LogP) is 3.39. The number of aryl methyl sites for hydroxylation is 1. The van der Waals surface area contributed by atoms with Crippen molar-refractivity contribution >= 4 is 16.0 Å². The first kappa shape index (κ1) is 20.7. The molecule has 0 spiro atoms. The molecule has 0 saturated carbocycles. The lowest BCUT2D eigenvalue weighted by Crippen LogP contribution is -2.30. The van der Waals surface area contributed by atoms with Crippen LogP contribution in [0.5, 0.6) is 5.75 Å². The van der Waals surface area contributed by atoms with Gasteiger partial charge in [-0.15, -0.1) is 13.2 Å². The summed E-state index contributed by atoms with van der Waals surface area (Å²) in [6, 6.07) is 9.19. The lowest BCUT2D eigenvalue weighted by molar-refractivity contribution is -0.274. The second-order valence-corrected chi connectivity index (χ2v) is 7.42. The quantitative estimate of drug-likeness (QED) is 0.739. The molecule has 10 heteroatoms. The number of ether oxygens (including phenoxy) is 1. The number of carboxylic acid groups (broad SMARTS) is 1. The summed E-state index contributed by atoms with van der Waals surface area (Å²) in [7, 11) is -4.17. The smallest absolute Gasteiger partial charge is 0.481 e. The Morgan fingerprint density at radius 2 is 1.67 bits per heavy atom. The van der Waals surface area contributed by atoms with Crippen LogP contribution in [0.2, 0.25) is 0 Å². The minimum absolute atomic E-state index is 0.320. The Balaban J connectivity index is 2.25. The van der Waals surface area contributed by atoms with E-state index in [0.29, 0.717) is 5.56 Å². The number of sulfonamides is 1. The molecule has 27 heavy (non-hydrogen) atoms. The third-order valence-electron chi connectivity index (χ3n) is 3.52. The Morgan fingerprint density at radius 3 is 2.15 bits per heavy atom. The van der Waals surface area contributed by atoms with E-state index in [1.807, 2.05) is 6.92 Å². The maximum atomic E-state index is 12.5. The summed E-state index contributed by atoms with van der Waals surface area (Å²) in [6.07, 6.45) is -5.39. The summed E-state index contributed by atoms with van der Waals surface area (Å²) in [4.78, 5) is 10.8. The van der Waals surface area contributed by atoms with Crippen LogP contribution >= 0.6 is 0 Å². The normalized spacial score (nSPS) is 13.2. The molecular formula is C17H16F3NO5S. The SMILES string of the molecule is Cc1ccc([C@@H](CC(=O)O)NS(=O)(=O)c2ccc(OC(F)(F)F)cc2)cc1. The largest absolute Gasteiger partial charge is 0.573 e. The van der Waals surface area contributed by atoms with E-state index in [1.54, 1.807) is 24.3 Å². The number of carboxylic acids is 1. The van der Waals surface area contributed by atoms with Crippen LogP contribution in [-0.2, 0) is 14.8 Å². The first-order chi connectivity index (χ1) is 12.5. The fourth-order valence-electron chi connectivity index (χ4n) is 2.28. The molecule has 0 amide bonds. The van der Waals surface area contributed by atoms with Crippen molar-refractivity contribution in [3.63, 3.8) is 0 Å². The average Bonchev–Trinajstić information content (AvgIpc) is 2.53. The number of rotatable bonds is 7. The first-order valence-electron chi connectivity index (χ1n) is 7.63. The van der Waals surface area contributed by atoms with Crippen molar-refractivity contribution in [1.29, 1.82) is 0 Å². The molecule has 2 aromatic carbocycles. The van der Waals surface area contributed by atoms with Crippen molar-refractivity contribution in [2.45, 2.75) is 30.6 Å². The summed E-state index contributed by atoms with van der Waals surface area (Å²) in [5, 5.41) is 9.05. The van der Waals surface area contributed by atoms with Crippen molar-refractivity contribution < 1.29 is 36.2 Å². The van der Waals surface area contributed by atoms with E-state index in [0.717, 1.165) is 29.8 Å². The highest BCUT2D eigenvalue weighted by molar-refractivity contribution is 7.89. The van der Waals surface area contributed by atoms with Gasteiger partial charge < -0.3 is 9.84 Å². The van der Waals surface area contributed by atoms with Crippen LogP contribution < -0.4 is 9.46 Å². The van der Waals surface area contributed by atoms with Gasteiger partial charge in [-0.25, -0.2) is 13.1 Å². The molecule has 2 N–H and O–H groups in total. The van der Waals surface area contributed by atoms with Crippen LogP contribution in [0.1, 0.15) is 23.6 Å². The van der Waals surface area contributed by atoms with E-state index in [2.05, 4.69) is 9.46 Å². The van der Waals surface area contributed by atoms with Gasteiger partial charge in [0.15, 0.2) is 0 Å².